The lowest BCUT2D eigenvalue weighted by Crippen LogP contribution is -2.38. The number of hydrogen-bond donors (Lipinski definition) is 1. The van der Waals surface area contributed by atoms with Crippen LogP contribution in [0.15, 0.2) is 60.8 Å². The average molecular weight is 363 g/mol. The van der Waals surface area contributed by atoms with Gasteiger partial charge in [0.25, 0.3) is 11.8 Å². The van der Waals surface area contributed by atoms with Crippen LogP contribution in [-0.2, 0) is 4.79 Å². The minimum absolute atomic E-state index is 0.345. The number of benzene rings is 2. The number of carbonyl (C=O) groups excluding carboxylic acids is 2. The molecule has 2 aromatic carbocycles. The van der Waals surface area contributed by atoms with Crippen molar-refractivity contribution >= 4 is 23.1 Å². The summed E-state index contributed by atoms with van der Waals surface area (Å²) in [6, 6.07) is 17.2. The van der Waals surface area contributed by atoms with Crippen molar-refractivity contribution in [3.63, 3.8) is 0 Å². The van der Waals surface area contributed by atoms with Gasteiger partial charge in [0.15, 0.2) is 0 Å². The molecule has 2 amide bonds. The highest BCUT2D eigenvalue weighted by Gasteiger charge is 2.27. The summed E-state index contributed by atoms with van der Waals surface area (Å²) in [5.74, 6) is -0.704. The highest BCUT2D eigenvalue weighted by molar-refractivity contribution is 6.31. The van der Waals surface area contributed by atoms with Crippen LogP contribution in [-0.4, -0.2) is 42.9 Å². The number of hydrogen-bond acceptors (Lipinski definition) is 4. The molecule has 140 valence electrons. The predicted molar refractivity (Wildman–Crippen MR) is 108 cm³/mol. The first-order chi connectivity index (χ1) is 13.1. The number of anilines is 1. The van der Waals surface area contributed by atoms with E-state index in [4.69, 9.17) is 0 Å². The molecule has 0 unspecified atom stereocenters. The Kier molecular flexibility index (Phi) is 6.04. The Bertz CT molecular complexity index is 842. The van der Waals surface area contributed by atoms with Crippen molar-refractivity contribution in [1.82, 2.24) is 10.2 Å². The lowest BCUT2D eigenvalue weighted by Gasteiger charge is -2.27. The highest BCUT2D eigenvalue weighted by Crippen LogP contribution is 2.26. The zero-order valence-corrected chi connectivity index (χ0v) is 15.8. The molecule has 5 heteroatoms. The largest absolute Gasteiger partial charge is 0.346 e. The maximum atomic E-state index is 12.5. The number of likely N-dealkylation sites (N-methyl/N-ethyl adjacent to an activating group) is 1. The van der Waals surface area contributed by atoms with E-state index in [2.05, 4.69) is 29.0 Å². The Morgan fingerprint density at radius 1 is 0.815 bits per heavy atom. The van der Waals surface area contributed by atoms with Crippen molar-refractivity contribution in [2.75, 3.05) is 31.1 Å². The molecule has 1 heterocycles. The van der Waals surface area contributed by atoms with E-state index in [1.807, 2.05) is 48.7 Å². The third kappa shape index (κ3) is 4.26. The van der Waals surface area contributed by atoms with Gasteiger partial charge in [-0.15, -0.1) is 0 Å². The molecule has 0 spiro atoms. The Morgan fingerprint density at radius 2 is 1.44 bits per heavy atom. The SMILES string of the molecule is CCN(CC)CCN(C=C1C(=O)NC(=O)c2ccccc21)c1ccccc1. The fourth-order valence-electron chi connectivity index (χ4n) is 3.24. The Labute approximate surface area is 160 Å². The summed E-state index contributed by atoms with van der Waals surface area (Å²) in [5, 5.41) is 2.45. The van der Waals surface area contributed by atoms with Crippen LogP contribution in [0.1, 0.15) is 29.8 Å². The number of fused-ring (bicyclic) bond motifs is 1. The van der Waals surface area contributed by atoms with Gasteiger partial charge in [-0.05, 0) is 31.3 Å². The smallest absolute Gasteiger partial charge is 0.260 e. The van der Waals surface area contributed by atoms with Crippen molar-refractivity contribution < 1.29 is 9.59 Å². The number of carbonyl (C=O) groups is 2. The topological polar surface area (TPSA) is 52.6 Å². The van der Waals surface area contributed by atoms with E-state index in [-0.39, 0.29) is 11.8 Å². The number of amides is 2. The van der Waals surface area contributed by atoms with Gasteiger partial charge < -0.3 is 9.80 Å². The molecule has 1 aliphatic rings. The Balaban J connectivity index is 1.98. The van der Waals surface area contributed by atoms with Crippen LogP contribution >= 0.6 is 0 Å². The van der Waals surface area contributed by atoms with E-state index in [1.54, 1.807) is 12.1 Å². The molecule has 0 saturated heterocycles. The molecule has 0 aromatic heterocycles. The fraction of sp³-hybridized carbons (Fsp3) is 0.273. The second kappa shape index (κ2) is 8.64. The van der Waals surface area contributed by atoms with Crippen molar-refractivity contribution in [1.29, 1.82) is 0 Å². The number of para-hydroxylation sites is 1. The van der Waals surface area contributed by atoms with E-state index in [9.17, 15) is 9.59 Å². The third-order valence-corrected chi connectivity index (χ3v) is 4.86. The van der Waals surface area contributed by atoms with Crippen LogP contribution in [0, 0.1) is 0 Å². The number of nitrogens with zero attached hydrogens (tertiary/aromatic N) is 2. The van der Waals surface area contributed by atoms with Crippen molar-refractivity contribution in [3.05, 3.63) is 71.9 Å². The summed E-state index contributed by atoms with van der Waals surface area (Å²) < 4.78 is 0. The molecule has 2 aromatic rings. The van der Waals surface area contributed by atoms with Crippen LogP contribution in [0.5, 0.6) is 0 Å². The normalized spacial score (nSPS) is 15.0. The molecule has 0 radical (unpaired) electrons. The first kappa shape index (κ1) is 18.9. The number of rotatable bonds is 7. The van der Waals surface area contributed by atoms with Crippen LogP contribution in [0.2, 0.25) is 0 Å². The summed E-state index contributed by atoms with van der Waals surface area (Å²) in [6.45, 7) is 7.88. The maximum absolute atomic E-state index is 12.5. The van der Waals surface area contributed by atoms with Gasteiger partial charge in [-0.3, -0.25) is 14.9 Å². The van der Waals surface area contributed by atoms with Crippen LogP contribution in [0.25, 0.3) is 5.57 Å². The summed E-state index contributed by atoms with van der Waals surface area (Å²) in [6.07, 6.45) is 1.86. The molecule has 1 aliphatic heterocycles. The highest BCUT2D eigenvalue weighted by atomic mass is 16.2. The molecule has 0 fully saturated rings. The molecule has 0 saturated carbocycles. The van der Waals surface area contributed by atoms with Crippen molar-refractivity contribution in [2.24, 2.45) is 0 Å². The summed E-state index contributed by atoms with van der Waals surface area (Å²) in [5.41, 5.74) is 2.73. The lowest BCUT2D eigenvalue weighted by atomic mass is 9.95. The zero-order valence-electron chi connectivity index (χ0n) is 15.8. The predicted octanol–water partition coefficient (Wildman–Crippen LogP) is 3.15. The van der Waals surface area contributed by atoms with Gasteiger partial charge in [0, 0.05) is 36.1 Å². The average Bonchev–Trinajstić information content (AvgIpc) is 2.71. The molecule has 0 atom stereocenters. The monoisotopic (exact) mass is 363 g/mol. The molecule has 3 rings (SSSR count). The molecule has 5 nitrogen and oxygen atoms in total. The van der Waals surface area contributed by atoms with E-state index in [0.29, 0.717) is 16.7 Å². The first-order valence-corrected chi connectivity index (χ1v) is 9.35. The Morgan fingerprint density at radius 3 is 2.11 bits per heavy atom. The fourth-order valence-corrected chi connectivity index (χ4v) is 3.24. The van der Waals surface area contributed by atoms with E-state index in [0.717, 1.165) is 31.9 Å². The molecule has 0 bridgehead atoms. The summed E-state index contributed by atoms with van der Waals surface area (Å²) in [4.78, 5) is 29.1. The van der Waals surface area contributed by atoms with Gasteiger partial charge in [0.2, 0.25) is 0 Å². The first-order valence-electron chi connectivity index (χ1n) is 9.35. The zero-order chi connectivity index (χ0) is 19.2. The van der Waals surface area contributed by atoms with E-state index in [1.165, 1.54) is 0 Å². The van der Waals surface area contributed by atoms with Gasteiger partial charge in [-0.2, -0.15) is 0 Å². The van der Waals surface area contributed by atoms with E-state index >= 15 is 0 Å². The quantitative estimate of drug-likeness (QED) is 0.607. The van der Waals surface area contributed by atoms with Crippen LogP contribution in [0.4, 0.5) is 5.69 Å². The maximum Gasteiger partial charge on any atom is 0.260 e. The van der Waals surface area contributed by atoms with E-state index < -0.39 is 0 Å². The van der Waals surface area contributed by atoms with Gasteiger partial charge in [-0.1, -0.05) is 50.2 Å². The number of imide groups is 1. The molecule has 0 aliphatic carbocycles. The third-order valence-electron chi connectivity index (χ3n) is 4.86. The molecule has 27 heavy (non-hydrogen) atoms. The van der Waals surface area contributed by atoms with Gasteiger partial charge in [-0.25, -0.2) is 0 Å². The van der Waals surface area contributed by atoms with Gasteiger partial charge in [0.1, 0.15) is 0 Å². The van der Waals surface area contributed by atoms with Gasteiger partial charge >= 0.3 is 0 Å². The van der Waals surface area contributed by atoms with Crippen molar-refractivity contribution in [3.8, 4) is 0 Å². The summed E-state index contributed by atoms with van der Waals surface area (Å²) in [7, 11) is 0. The number of nitrogens with one attached hydrogen (secondary N) is 1. The standard InChI is InChI=1S/C22H25N3O2/c1-3-24(4-2)14-15-25(17-10-6-5-7-11-17)16-20-18-12-8-9-13-19(18)21(26)23-22(20)27/h5-13,16H,3-4,14-15H2,1-2H3,(H,23,26,27). The molecular weight excluding hydrogens is 338 g/mol. The second-order valence-electron chi connectivity index (χ2n) is 6.43. The van der Waals surface area contributed by atoms with Crippen molar-refractivity contribution in [2.45, 2.75) is 13.8 Å². The summed E-state index contributed by atoms with van der Waals surface area (Å²) >= 11 is 0. The minimum Gasteiger partial charge on any atom is -0.346 e. The van der Waals surface area contributed by atoms with Crippen LogP contribution in [0.3, 0.4) is 0 Å². The molecular formula is C22H25N3O2. The Hall–Kier alpha value is -2.92. The molecule has 1 N–H and O–H groups in total. The minimum atomic E-state index is -0.359. The van der Waals surface area contributed by atoms with Gasteiger partial charge in [0.05, 0.1) is 5.57 Å². The lowest BCUT2D eigenvalue weighted by molar-refractivity contribution is -0.114. The second-order valence-corrected chi connectivity index (χ2v) is 6.43. The van der Waals surface area contributed by atoms with Crippen LogP contribution < -0.4 is 10.2 Å².